The van der Waals surface area contributed by atoms with E-state index in [0.29, 0.717) is 18.5 Å². The van der Waals surface area contributed by atoms with Gasteiger partial charge in [-0.1, -0.05) is 13.8 Å². The number of amides is 1. The molecule has 1 saturated carbocycles. The maximum absolute atomic E-state index is 12.2. The fraction of sp³-hybridized carbons (Fsp3) is 0.615. The maximum Gasteiger partial charge on any atom is 0.329 e. The summed E-state index contributed by atoms with van der Waals surface area (Å²) >= 11 is 0. The zero-order chi connectivity index (χ0) is 14.0. The second-order valence-corrected chi connectivity index (χ2v) is 4.97. The third-order valence-corrected chi connectivity index (χ3v) is 3.70. The van der Waals surface area contributed by atoms with Crippen molar-refractivity contribution in [2.45, 2.75) is 51.1 Å². The first-order valence-corrected chi connectivity index (χ1v) is 6.63. The van der Waals surface area contributed by atoms with Crippen LogP contribution in [-0.4, -0.2) is 32.3 Å². The third-order valence-electron chi connectivity index (χ3n) is 3.70. The van der Waals surface area contributed by atoms with Crippen LogP contribution in [0.5, 0.6) is 0 Å². The summed E-state index contributed by atoms with van der Waals surface area (Å²) in [6.45, 7) is 4.08. The van der Waals surface area contributed by atoms with Gasteiger partial charge in [0.15, 0.2) is 0 Å². The van der Waals surface area contributed by atoms with Crippen LogP contribution in [-0.2, 0) is 4.79 Å². The van der Waals surface area contributed by atoms with Gasteiger partial charge in [0.1, 0.15) is 11.2 Å². The Bertz CT molecular complexity index is 487. The molecule has 2 N–H and O–H groups in total. The van der Waals surface area contributed by atoms with Gasteiger partial charge >= 0.3 is 5.97 Å². The minimum Gasteiger partial charge on any atom is -0.480 e. The molecule has 1 fully saturated rings. The minimum atomic E-state index is -1.06. The third kappa shape index (κ3) is 2.47. The molecule has 1 amide bonds. The number of carboxylic acids is 1. The first-order valence-electron chi connectivity index (χ1n) is 6.63. The van der Waals surface area contributed by atoms with Gasteiger partial charge in [-0.05, 0) is 31.7 Å². The van der Waals surface area contributed by atoms with Crippen LogP contribution in [0.3, 0.4) is 0 Å². The summed E-state index contributed by atoms with van der Waals surface area (Å²) < 4.78 is 1.69. The number of carbonyl (C=O) groups is 2. The summed E-state index contributed by atoms with van der Waals surface area (Å²) in [5, 5.41) is 15.9. The number of hydrogen-bond donors (Lipinski definition) is 2. The van der Waals surface area contributed by atoms with Crippen LogP contribution in [0.15, 0.2) is 12.3 Å². The van der Waals surface area contributed by atoms with Crippen molar-refractivity contribution < 1.29 is 14.7 Å². The lowest BCUT2D eigenvalue weighted by molar-refractivity contribution is -0.140. The van der Waals surface area contributed by atoms with Crippen molar-refractivity contribution in [2.24, 2.45) is 0 Å². The van der Waals surface area contributed by atoms with Gasteiger partial charge in [-0.2, -0.15) is 5.10 Å². The second-order valence-electron chi connectivity index (χ2n) is 4.97. The second kappa shape index (κ2) is 5.03. The molecule has 6 nitrogen and oxygen atoms in total. The molecule has 19 heavy (non-hydrogen) atoms. The van der Waals surface area contributed by atoms with E-state index in [1.807, 2.05) is 13.8 Å². The molecule has 1 aromatic rings. The van der Waals surface area contributed by atoms with E-state index in [4.69, 9.17) is 5.11 Å². The van der Waals surface area contributed by atoms with E-state index in [9.17, 15) is 9.59 Å². The molecule has 104 valence electrons. The monoisotopic (exact) mass is 265 g/mol. The van der Waals surface area contributed by atoms with E-state index >= 15 is 0 Å². The average molecular weight is 265 g/mol. The zero-order valence-electron chi connectivity index (χ0n) is 11.2. The molecule has 0 unspecified atom stereocenters. The topological polar surface area (TPSA) is 84.2 Å². The van der Waals surface area contributed by atoms with Crippen LogP contribution < -0.4 is 5.32 Å². The largest absolute Gasteiger partial charge is 0.480 e. The molecule has 0 spiro atoms. The molecule has 0 aromatic carbocycles. The highest BCUT2D eigenvalue weighted by atomic mass is 16.4. The van der Waals surface area contributed by atoms with Gasteiger partial charge in [-0.15, -0.1) is 0 Å². The van der Waals surface area contributed by atoms with Crippen LogP contribution in [0.1, 0.15) is 56.1 Å². The standard InChI is InChI=1S/C13H19N3O3/c1-3-9(4-2)16-10(5-8-14-16)11(17)15-13(6-7-13)12(18)19/h5,8-9H,3-4,6-7H2,1-2H3,(H,15,17)(H,18,19). The van der Waals surface area contributed by atoms with Crippen molar-refractivity contribution in [3.8, 4) is 0 Å². The number of carboxylic acid groups (broad SMARTS) is 1. The maximum atomic E-state index is 12.2. The molecule has 1 heterocycles. The van der Waals surface area contributed by atoms with Gasteiger partial charge in [0.05, 0.1) is 6.04 Å². The Morgan fingerprint density at radius 2 is 2.11 bits per heavy atom. The van der Waals surface area contributed by atoms with Gasteiger partial charge in [0.2, 0.25) is 0 Å². The fourth-order valence-corrected chi connectivity index (χ4v) is 2.22. The quantitative estimate of drug-likeness (QED) is 0.818. The predicted octanol–water partition coefficient (Wildman–Crippen LogP) is 1.59. The van der Waals surface area contributed by atoms with Crippen LogP contribution in [0.25, 0.3) is 0 Å². The van der Waals surface area contributed by atoms with E-state index in [1.54, 1.807) is 16.9 Å². The summed E-state index contributed by atoms with van der Waals surface area (Å²) in [5.41, 5.74) is -0.624. The minimum absolute atomic E-state index is 0.163. The lowest BCUT2D eigenvalue weighted by atomic mass is 10.1. The normalized spacial score (nSPS) is 16.4. The highest BCUT2D eigenvalue weighted by molar-refractivity contribution is 5.97. The van der Waals surface area contributed by atoms with Crippen LogP contribution in [0, 0.1) is 0 Å². The van der Waals surface area contributed by atoms with Crippen molar-refractivity contribution in [1.29, 1.82) is 0 Å². The first kappa shape index (κ1) is 13.6. The van der Waals surface area contributed by atoms with Gasteiger partial charge in [0, 0.05) is 6.20 Å². The predicted molar refractivity (Wildman–Crippen MR) is 68.9 cm³/mol. The molecule has 0 aliphatic heterocycles. The van der Waals surface area contributed by atoms with Gasteiger partial charge in [-0.25, -0.2) is 4.79 Å². The van der Waals surface area contributed by atoms with Gasteiger partial charge in [-0.3, -0.25) is 9.48 Å². The van der Waals surface area contributed by atoms with E-state index in [-0.39, 0.29) is 11.9 Å². The number of aromatic nitrogens is 2. The van der Waals surface area contributed by atoms with Crippen LogP contribution in [0.4, 0.5) is 0 Å². The summed E-state index contributed by atoms with van der Waals surface area (Å²) in [6, 6.07) is 1.79. The van der Waals surface area contributed by atoms with E-state index in [2.05, 4.69) is 10.4 Å². The Morgan fingerprint density at radius 1 is 1.47 bits per heavy atom. The molecular formula is C13H19N3O3. The number of carbonyl (C=O) groups excluding carboxylic acids is 1. The van der Waals surface area contributed by atoms with Crippen molar-refractivity contribution in [1.82, 2.24) is 15.1 Å². The van der Waals surface area contributed by atoms with Crippen molar-refractivity contribution in [3.63, 3.8) is 0 Å². The molecule has 0 radical (unpaired) electrons. The number of nitrogens with zero attached hydrogens (tertiary/aromatic N) is 2. The number of hydrogen-bond acceptors (Lipinski definition) is 3. The summed E-state index contributed by atoms with van der Waals surface area (Å²) in [4.78, 5) is 23.3. The van der Waals surface area contributed by atoms with Crippen LogP contribution >= 0.6 is 0 Å². The molecule has 1 aromatic heterocycles. The Kier molecular flexibility index (Phi) is 3.59. The fourth-order valence-electron chi connectivity index (χ4n) is 2.22. The lowest BCUT2D eigenvalue weighted by Gasteiger charge is -2.18. The SMILES string of the molecule is CCC(CC)n1nccc1C(=O)NC1(C(=O)O)CC1. The number of rotatable bonds is 6. The smallest absolute Gasteiger partial charge is 0.329 e. The first-order chi connectivity index (χ1) is 9.04. The van der Waals surface area contributed by atoms with Crippen molar-refractivity contribution in [2.75, 3.05) is 0 Å². The highest BCUT2D eigenvalue weighted by Crippen LogP contribution is 2.35. The summed E-state index contributed by atoms with van der Waals surface area (Å²) in [7, 11) is 0. The Labute approximate surface area is 111 Å². The van der Waals surface area contributed by atoms with Crippen molar-refractivity contribution in [3.05, 3.63) is 18.0 Å². The van der Waals surface area contributed by atoms with Gasteiger partial charge < -0.3 is 10.4 Å². The molecule has 6 heteroatoms. The molecule has 0 bridgehead atoms. The summed E-state index contributed by atoms with van der Waals surface area (Å²) in [5.74, 6) is -1.32. The summed E-state index contributed by atoms with van der Waals surface area (Å²) in [6.07, 6.45) is 4.32. The van der Waals surface area contributed by atoms with Crippen molar-refractivity contribution >= 4 is 11.9 Å². The van der Waals surface area contributed by atoms with E-state index < -0.39 is 11.5 Å². The molecular weight excluding hydrogens is 246 g/mol. The van der Waals surface area contributed by atoms with E-state index in [0.717, 1.165) is 12.8 Å². The Balaban J connectivity index is 2.16. The Hall–Kier alpha value is -1.85. The highest BCUT2D eigenvalue weighted by Gasteiger charge is 2.52. The van der Waals surface area contributed by atoms with Crippen LogP contribution in [0.2, 0.25) is 0 Å². The lowest BCUT2D eigenvalue weighted by Crippen LogP contribution is -2.43. The Morgan fingerprint density at radius 3 is 2.58 bits per heavy atom. The zero-order valence-corrected chi connectivity index (χ0v) is 11.2. The molecule has 1 aliphatic carbocycles. The number of aliphatic carboxylic acids is 1. The van der Waals surface area contributed by atoms with Gasteiger partial charge in [0.25, 0.3) is 5.91 Å². The number of nitrogens with one attached hydrogen (secondary N) is 1. The molecule has 0 saturated heterocycles. The van der Waals surface area contributed by atoms with E-state index in [1.165, 1.54) is 0 Å². The average Bonchev–Trinajstić information content (AvgIpc) is 3.00. The molecule has 2 rings (SSSR count). The molecule has 0 atom stereocenters. The molecule has 1 aliphatic rings.